The van der Waals surface area contributed by atoms with E-state index in [0.29, 0.717) is 17.0 Å². The number of amides is 1. The van der Waals surface area contributed by atoms with E-state index in [1.54, 1.807) is 13.1 Å². The average molecular weight is 442 g/mol. The van der Waals surface area contributed by atoms with E-state index in [2.05, 4.69) is 20.3 Å². The van der Waals surface area contributed by atoms with Crippen LogP contribution in [0.1, 0.15) is 24.2 Å². The van der Waals surface area contributed by atoms with Gasteiger partial charge >= 0.3 is 6.18 Å². The molecular formula is C19H19F5N6O. The van der Waals surface area contributed by atoms with Gasteiger partial charge in [0.15, 0.2) is 5.82 Å². The smallest absolute Gasteiger partial charge is 0.349 e. The maximum atomic E-state index is 14.2. The number of rotatable bonds is 4. The van der Waals surface area contributed by atoms with Crippen LogP contribution in [0.2, 0.25) is 0 Å². The lowest BCUT2D eigenvalue weighted by Crippen LogP contribution is -2.46. The van der Waals surface area contributed by atoms with Crippen molar-refractivity contribution in [3.63, 3.8) is 0 Å². The Kier molecular flexibility index (Phi) is 5.40. The van der Waals surface area contributed by atoms with Gasteiger partial charge in [-0.25, -0.2) is 23.7 Å². The summed E-state index contributed by atoms with van der Waals surface area (Å²) in [6.45, 7) is -0.0265. The number of nitrogens with one attached hydrogen (secondary N) is 2. The molecule has 1 aromatic heterocycles. The first-order valence-corrected chi connectivity index (χ1v) is 9.60. The second-order valence-corrected chi connectivity index (χ2v) is 7.63. The van der Waals surface area contributed by atoms with Crippen LogP contribution >= 0.6 is 0 Å². The van der Waals surface area contributed by atoms with E-state index in [4.69, 9.17) is 0 Å². The average Bonchev–Trinajstić information content (AvgIpc) is 3.29. The molecule has 1 saturated heterocycles. The molecule has 3 aliphatic heterocycles. The minimum Gasteiger partial charge on any atom is -0.349 e. The minimum absolute atomic E-state index is 0.0863. The number of aryl methyl sites for hydroxylation is 1. The first kappa shape index (κ1) is 21.2. The number of nitrogens with zero attached hydrogens (tertiary/aromatic N) is 4. The topological polar surface area (TPSA) is 82.5 Å². The molecule has 1 amide bonds. The predicted octanol–water partition coefficient (Wildman–Crippen LogP) is 2.55. The Morgan fingerprint density at radius 3 is 2.90 bits per heavy atom. The van der Waals surface area contributed by atoms with Crippen molar-refractivity contribution in [3.05, 3.63) is 35.8 Å². The zero-order valence-electron chi connectivity index (χ0n) is 16.4. The second-order valence-electron chi connectivity index (χ2n) is 7.63. The lowest BCUT2D eigenvalue weighted by Gasteiger charge is -2.26. The van der Waals surface area contributed by atoms with Gasteiger partial charge < -0.3 is 15.5 Å². The standard InChI is InChI=1S/C19H19F5N6O/c1-9-4-25-16(13-6-27-15-12(13)2-10(20)5-26-15)29-17(9)30-7-11(21)3-14(30)18(31)28-8-19(22,23)24/h4-6,11-12,14H,2-3,7-8H2,1H3,(H,26,27)(H,28,31)/t11-,12?,14-/m1/s1. The van der Waals surface area contributed by atoms with E-state index in [0.717, 1.165) is 6.20 Å². The number of anilines is 1. The number of fused-ring (bicyclic) bond motifs is 1. The van der Waals surface area contributed by atoms with Crippen LogP contribution in [0.5, 0.6) is 0 Å². The molecule has 0 saturated carbocycles. The quantitative estimate of drug-likeness (QED) is 0.701. The number of carbonyl (C=O) groups is 1. The molecule has 0 radical (unpaired) electrons. The number of alkyl halides is 4. The number of aromatic nitrogens is 2. The third-order valence-electron chi connectivity index (χ3n) is 5.31. The maximum absolute atomic E-state index is 14.2. The first-order chi connectivity index (χ1) is 14.6. The van der Waals surface area contributed by atoms with E-state index < -0.39 is 42.6 Å². The summed E-state index contributed by atoms with van der Waals surface area (Å²) in [6, 6.07) is -1.14. The highest BCUT2D eigenvalue weighted by Crippen LogP contribution is 2.35. The summed E-state index contributed by atoms with van der Waals surface area (Å²) in [5.74, 6) is -0.676. The molecule has 2 N–H and O–H groups in total. The fourth-order valence-corrected chi connectivity index (χ4v) is 3.88. The molecule has 0 spiro atoms. The summed E-state index contributed by atoms with van der Waals surface area (Å²) in [7, 11) is 0. The maximum Gasteiger partial charge on any atom is 0.405 e. The SMILES string of the molecule is Cc1cnc(C2=CNC3=NC=C(F)CC23)nc1N1C[C@H](F)C[C@@H]1C(=O)NCC(F)(F)F. The largest absolute Gasteiger partial charge is 0.405 e. The molecule has 3 atom stereocenters. The van der Waals surface area contributed by atoms with Gasteiger partial charge in [-0.1, -0.05) is 0 Å². The Bertz CT molecular complexity index is 988. The van der Waals surface area contributed by atoms with Crippen LogP contribution in [-0.2, 0) is 4.79 Å². The third kappa shape index (κ3) is 4.37. The number of hydrogen-bond acceptors (Lipinski definition) is 6. The molecule has 1 fully saturated rings. The van der Waals surface area contributed by atoms with Crippen LogP contribution in [0.15, 0.2) is 29.4 Å². The lowest BCUT2D eigenvalue weighted by molar-refractivity contribution is -0.139. The van der Waals surface area contributed by atoms with Gasteiger partial charge in [-0.15, -0.1) is 0 Å². The van der Waals surface area contributed by atoms with Gasteiger partial charge in [0.25, 0.3) is 0 Å². The molecule has 3 aliphatic rings. The number of hydrogen-bond donors (Lipinski definition) is 2. The zero-order valence-corrected chi connectivity index (χ0v) is 16.4. The summed E-state index contributed by atoms with van der Waals surface area (Å²) in [6.07, 6.45) is -1.91. The second kappa shape index (κ2) is 7.89. The van der Waals surface area contributed by atoms with Gasteiger partial charge in [0, 0.05) is 36.4 Å². The molecule has 0 aliphatic carbocycles. The van der Waals surface area contributed by atoms with Gasteiger partial charge in [-0.3, -0.25) is 4.79 Å². The molecule has 1 unspecified atom stereocenters. The fraction of sp³-hybridized carbons (Fsp3) is 0.474. The van der Waals surface area contributed by atoms with Crippen molar-refractivity contribution in [3.8, 4) is 0 Å². The van der Waals surface area contributed by atoms with Gasteiger partial charge in [-0.2, -0.15) is 13.2 Å². The van der Waals surface area contributed by atoms with Crippen molar-refractivity contribution in [1.29, 1.82) is 0 Å². The Morgan fingerprint density at radius 2 is 2.16 bits per heavy atom. The number of aliphatic imine (C=N–C) groups is 1. The normalized spacial score (nSPS) is 25.4. The molecule has 4 heterocycles. The Hall–Kier alpha value is -3.05. The van der Waals surface area contributed by atoms with Crippen molar-refractivity contribution < 1.29 is 26.7 Å². The predicted molar refractivity (Wildman–Crippen MR) is 102 cm³/mol. The lowest BCUT2D eigenvalue weighted by atomic mass is 9.95. The molecule has 0 bridgehead atoms. The number of allylic oxidation sites excluding steroid dienone is 1. The van der Waals surface area contributed by atoms with Crippen molar-refractivity contribution in [2.75, 3.05) is 18.0 Å². The van der Waals surface area contributed by atoms with Crippen molar-refractivity contribution in [1.82, 2.24) is 20.6 Å². The molecule has 31 heavy (non-hydrogen) atoms. The van der Waals surface area contributed by atoms with Crippen molar-refractivity contribution >= 4 is 23.1 Å². The number of carbonyl (C=O) groups excluding carboxylic acids is 1. The Morgan fingerprint density at radius 1 is 1.39 bits per heavy atom. The zero-order chi connectivity index (χ0) is 22.3. The van der Waals surface area contributed by atoms with Crippen LogP contribution < -0.4 is 15.5 Å². The summed E-state index contributed by atoms with van der Waals surface area (Å²) in [5.41, 5.74) is 1.11. The van der Waals surface area contributed by atoms with Gasteiger partial charge in [0.05, 0.1) is 18.7 Å². The van der Waals surface area contributed by atoms with Crippen LogP contribution in [0.3, 0.4) is 0 Å². The molecular weight excluding hydrogens is 423 g/mol. The monoisotopic (exact) mass is 442 g/mol. The van der Waals surface area contributed by atoms with Crippen LogP contribution in [-0.4, -0.2) is 53.2 Å². The van der Waals surface area contributed by atoms with Gasteiger partial charge in [0.2, 0.25) is 5.91 Å². The minimum atomic E-state index is -4.57. The number of amidine groups is 1. The highest BCUT2D eigenvalue weighted by atomic mass is 19.4. The molecule has 1 aromatic rings. The van der Waals surface area contributed by atoms with Crippen LogP contribution in [0, 0.1) is 12.8 Å². The summed E-state index contributed by atoms with van der Waals surface area (Å²) >= 11 is 0. The van der Waals surface area contributed by atoms with Crippen molar-refractivity contribution in [2.24, 2.45) is 10.9 Å². The molecule has 7 nitrogen and oxygen atoms in total. The van der Waals surface area contributed by atoms with Crippen molar-refractivity contribution in [2.45, 2.75) is 38.2 Å². The first-order valence-electron chi connectivity index (χ1n) is 9.60. The van der Waals surface area contributed by atoms with Gasteiger partial charge in [-0.05, 0) is 6.92 Å². The third-order valence-corrected chi connectivity index (χ3v) is 5.31. The summed E-state index contributed by atoms with van der Waals surface area (Å²) in [5, 5.41) is 4.76. The fourth-order valence-electron chi connectivity index (χ4n) is 3.88. The molecule has 4 rings (SSSR count). The Labute approximate surface area is 174 Å². The van der Waals surface area contributed by atoms with E-state index in [1.807, 2.05) is 5.32 Å². The van der Waals surface area contributed by atoms with Crippen LogP contribution in [0.25, 0.3) is 5.57 Å². The van der Waals surface area contributed by atoms with E-state index in [-0.39, 0.29) is 31.0 Å². The van der Waals surface area contributed by atoms with E-state index in [1.165, 1.54) is 11.1 Å². The highest BCUT2D eigenvalue weighted by molar-refractivity contribution is 6.01. The highest BCUT2D eigenvalue weighted by Gasteiger charge is 2.40. The Balaban J connectivity index is 1.60. The van der Waals surface area contributed by atoms with Crippen LogP contribution in [0.4, 0.5) is 27.8 Å². The number of halogens is 5. The van der Waals surface area contributed by atoms with Gasteiger partial charge in [0.1, 0.15) is 36.2 Å². The summed E-state index contributed by atoms with van der Waals surface area (Å²) < 4.78 is 65.3. The summed E-state index contributed by atoms with van der Waals surface area (Å²) in [4.78, 5) is 26.5. The van der Waals surface area contributed by atoms with E-state index in [9.17, 15) is 26.7 Å². The molecule has 12 heteroatoms. The molecule has 166 valence electrons. The molecule has 0 aromatic carbocycles. The van der Waals surface area contributed by atoms with E-state index >= 15 is 0 Å².